The van der Waals surface area contributed by atoms with Crippen LogP contribution in [0.4, 0.5) is 4.39 Å². The van der Waals surface area contributed by atoms with Gasteiger partial charge in [-0.1, -0.05) is 0 Å². The Kier molecular flexibility index (Phi) is 4.11. The third-order valence-electron chi connectivity index (χ3n) is 3.26. The van der Waals surface area contributed by atoms with Crippen LogP contribution in [0.5, 0.6) is 0 Å². The van der Waals surface area contributed by atoms with Crippen LogP contribution >= 0.6 is 0 Å². The number of carbonyl (C=O) groups is 1. The number of morpholine rings is 1. The summed E-state index contributed by atoms with van der Waals surface area (Å²) in [4.78, 5) is 14.1. The Morgan fingerprint density at radius 2 is 2.20 bits per heavy atom. The molecule has 0 radical (unpaired) electrons. The van der Waals surface area contributed by atoms with Crippen molar-refractivity contribution in [1.82, 2.24) is 4.90 Å². The lowest BCUT2D eigenvalue weighted by atomic mass is 10.0. The lowest BCUT2D eigenvalue weighted by Crippen LogP contribution is -2.55. The Labute approximate surface area is 118 Å². The van der Waals surface area contributed by atoms with Gasteiger partial charge in [0.15, 0.2) is 0 Å². The maximum Gasteiger partial charge on any atom is 0.254 e. The smallest absolute Gasteiger partial charge is 0.254 e. The molecular weight excluding hydrogens is 261 g/mol. The Hall–Kier alpha value is -1.46. The predicted molar refractivity (Wildman–Crippen MR) is 73.1 cm³/mol. The van der Waals surface area contributed by atoms with Gasteiger partial charge in [-0.25, -0.2) is 4.39 Å². The standard InChI is InChI=1S/C15H20FNO3/c1-10-4-11(6-12(16)5-10)14(19)17-7-13(8-18)20-15(2,3)9-17/h4-6,13,18H,7-9H2,1-3H3. The van der Waals surface area contributed by atoms with Crippen molar-refractivity contribution in [1.29, 1.82) is 0 Å². The molecule has 1 atom stereocenters. The summed E-state index contributed by atoms with van der Waals surface area (Å²) in [5.41, 5.74) is 0.514. The van der Waals surface area contributed by atoms with Crippen LogP contribution in [0.15, 0.2) is 18.2 Å². The fourth-order valence-corrected chi connectivity index (χ4v) is 2.59. The molecule has 0 aromatic heterocycles. The molecule has 1 heterocycles. The molecule has 1 N–H and O–H groups in total. The summed E-state index contributed by atoms with van der Waals surface area (Å²) in [6.07, 6.45) is -0.405. The van der Waals surface area contributed by atoms with Crippen molar-refractivity contribution in [3.05, 3.63) is 35.1 Å². The summed E-state index contributed by atoms with van der Waals surface area (Å²) in [6.45, 7) is 6.07. The molecule has 20 heavy (non-hydrogen) atoms. The van der Waals surface area contributed by atoms with E-state index in [1.807, 2.05) is 13.8 Å². The Morgan fingerprint density at radius 1 is 1.50 bits per heavy atom. The number of ether oxygens (including phenoxy) is 1. The number of nitrogens with zero attached hydrogens (tertiary/aromatic N) is 1. The number of aliphatic hydroxyl groups excluding tert-OH is 1. The monoisotopic (exact) mass is 281 g/mol. The summed E-state index contributed by atoms with van der Waals surface area (Å²) in [5, 5.41) is 9.26. The fraction of sp³-hybridized carbons (Fsp3) is 0.533. The zero-order valence-electron chi connectivity index (χ0n) is 12.0. The third-order valence-corrected chi connectivity index (χ3v) is 3.26. The second-order valence-electron chi connectivity index (χ2n) is 5.89. The van der Waals surface area contributed by atoms with Gasteiger partial charge in [-0.05, 0) is 44.5 Å². The minimum Gasteiger partial charge on any atom is -0.394 e. The first-order valence-corrected chi connectivity index (χ1v) is 6.66. The molecule has 110 valence electrons. The van der Waals surface area contributed by atoms with E-state index in [0.717, 1.165) is 0 Å². The van der Waals surface area contributed by atoms with Gasteiger partial charge in [0, 0.05) is 18.7 Å². The second kappa shape index (κ2) is 5.50. The molecule has 0 saturated carbocycles. The molecule has 1 aromatic rings. The molecule has 0 bridgehead atoms. The number of hydrogen-bond donors (Lipinski definition) is 1. The van der Waals surface area contributed by atoms with Crippen molar-refractivity contribution in [2.75, 3.05) is 19.7 Å². The zero-order chi connectivity index (χ0) is 14.9. The van der Waals surface area contributed by atoms with E-state index in [9.17, 15) is 14.3 Å². The number of benzene rings is 1. The average Bonchev–Trinajstić information content (AvgIpc) is 2.34. The van der Waals surface area contributed by atoms with Crippen molar-refractivity contribution in [3.63, 3.8) is 0 Å². The topological polar surface area (TPSA) is 49.8 Å². The van der Waals surface area contributed by atoms with Crippen LogP contribution in [0.3, 0.4) is 0 Å². The Balaban J connectivity index is 2.23. The minimum absolute atomic E-state index is 0.143. The van der Waals surface area contributed by atoms with Crippen LogP contribution in [-0.4, -0.2) is 47.3 Å². The van der Waals surface area contributed by atoms with Crippen LogP contribution in [-0.2, 0) is 4.74 Å². The lowest BCUT2D eigenvalue weighted by molar-refractivity contribution is -0.139. The van der Waals surface area contributed by atoms with E-state index in [4.69, 9.17) is 4.74 Å². The summed E-state index contributed by atoms with van der Waals surface area (Å²) >= 11 is 0. The number of carbonyl (C=O) groups excluding carboxylic acids is 1. The highest BCUT2D eigenvalue weighted by Gasteiger charge is 2.35. The average molecular weight is 281 g/mol. The molecule has 0 spiro atoms. The number of hydrogen-bond acceptors (Lipinski definition) is 3. The SMILES string of the molecule is Cc1cc(F)cc(C(=O)N2CC(CO)OC(C)(C)C2)c1. The van der Waals surface area contributed by atoms with E-state index in [1.54, 1.807) is 17.9 Å². The summed E-state index contributed by atoms with van der Waals surface area (Å²) in [7, 11) is 0. The van der Waals surface area contributed by atoms with E-state index in [0.29, 0.717) is 24.2 Å². The molecule has 1 unspecified atom stereocenters. The van der Waals surface area contributed by atoms with Crippen molar-refractivity contribution >= 4 is 5.91 Å². The molecular formula is C15H20FNO3. The molecule has 1 aromatic carbocycles. The van der Waals surface area contributed by atoms with Gasteiger partial charge in [0.1, 0.15) is 5.82 Å². The summed E-state index contributed by atoms with van der Waals surface area (Å²) < 4.78 is 19.1. The summed E-state index contributed by atoms with van der Waals surface area (Å²) in [6, 6.07) is 4.30. The van der Waals surface area contributed by atoms with Gasteiger partial charge in [0.2, 0.25) is 0 Å². The fourth-order valence-electron chi connectivity index (χ4n) is 2.59. The van der Waals surface area contributed by atoms with E-state index >= 15 is 0 Å². The first-order valence-electron chi connectivity index (χ1n) is 6.66. The van der Waals surface area contributed by atoms with E-state index in [1.165, 1.54) is 12.1 Å². The van der Waals surface area contributed by atoms with Gasteiger partial charge in [0.25, 0.3) is 5.91 Å². The van der Waals surface area contributed by atoms with Gasteiger partial charge in [-0.3, -0.25) is 4.79 Å². The van der Waals surface area contributed by atoms with Crippen LogP contribution in [0.2, 0.25) is 0 Å². The highest BCUT2D eigenvalue weighted by Crippen LogP contribution is 2.23. The molecule has 4 nitrogen and oxygen atoms in total. The highest BCUT2D eigenvalue weighted by molar-refractivity contribution is 5.94. The number of halogens is 1. The molecule has 1 saturated heterocycles. The molecule has 2 rings (SSSR count). The van der Waals surface area contributed by atoms with Gasteiger partial charge >= 0.3 is 0 Å². The lowest BCUT2D eigenvalue weighted by Gasteiger charge is -2.42. The molecule has 0 aliphatic carbocycles. The molecule has 5 heteroatoms. The van der Waals surface area contributed by atoms with Crippen molar-refractivity contribution in [2.24, 2.45) is 0 Å². The molecule has 1 fully saturated rings. The van der Waals surface area contributed by atoms with Crippen molar-refractivity contribution in [2.45, 2.75) is 32.5 Å². The molecule has 1 amide bonds. The van der Waals surface area contributed by atoms with Crippen LogP contribution in [0.25, 0.3) is 0 Å². The molecule has 1 aliphatic rings. The largest absolute Gasteiger partial charge is 0.394 e. The maximum atomic E-state index is 13.4. The number of aliphatic hydroxyl groups is 1. The van der Waals surface area contributed by atoms with E-state index in [2.05, 4.69) is 0 Å². The van der Waals surface area contributed by atoms with Crippen LogP contribution in [0, 0.1) is 12.7 Å². The second-order valence-corrected chi connectivity index (χ2v) is 5.89. The quantitative estimate of drug-likeness (QED) is 0.898. The van der Waals surface area contributed by atoms with Crippen molar-refractivity contribution < 1.29 is 19.0 Å². The van der Waals surface area contributed by atoms with E-state index in [-0.39, 0.29) is 12.5 Å². The minimum atomic E-state index is -0.524. The number of aryl methyl sites for hydroxylation is 1. The number of amides is 1. The summed E-state index contributed by atoms with van der Waals surface area (Å²) in [5.74, 6) is -0.651. The first kappa shape index (κ1) is 14.9. The van der Waals surface area contributed by atoms with Crippen LogP contribution in [0.1, 0.15) is 29.8 Å². The van der Waals surface area contributed by atoms with Gasteiger partial charge in [0.05, 0.1) is 18.3 Å². The van der Waals surface area contributed by atoms with Gasteiger partial charge < -0.3 is 14.7 Å². The Bertz CT molecular complexity index is 496. The van der Waals surface area contributed by atoms with Gasteiger partial charge in [-0.2, -0.15) is 0 Å². The Morgan fingerprint density at radius 3 is 2.80 bits per heavy atom. The normalized spacial score (nSPS) is 21.9. The number of rotatable bonds is 2. The van der Waals surface area contributed by atoms with Crippen molar-refractivity contribution in [3.8, 4) is 0 Å². The third kappa shape index (κ3) is 3.35. The zero-order valence-corrected chi connectivity index (χ0v) is 12.0. The van der Waals surface area contributed by atoms with Gasteiger partial charge in [-0.15, -0.1) is 0 Å². The van der Waals surface area contributed by atoms with E-state index < -0.39 is 17.5 Å². The highest BCUT2D eigenvalue weighted by atomic mass is 19.1. The maximum absolute atomic E-state index is 13.4. The first-order chi connectivity index (χ1) is 9.30. The van der Waals surface area contributed by atoms with Crippen LogP contribution < -0.4 is 0 Å². The predicted octanol–water partition coefficient (Wildman–Crippen LogP) is 1.75. The molecule has 1 aliphatic heterocycles.